The lowest BCUT2D eigenvalue weighted by Crippen LogP contribution is -2.72. The molecule has 0 aromatic heterocycles. The summed E-state index contributed by atoms with van der Waals surface area (Å²) in [6.45, 7) is 8.10. The fourth-order valence-corrected chi connectivity index (χ4v) is 5.93. The lowest BCUT2D eigenvalue weighted by Gasteiger charge is -2.50. The predicted molar refractivity (Wildman–Crippen MR) is 154 cm³/mol. The zero-order chi connectivity index (χ0) is 28.8. The highest BCUT2D eigenvalue weighted by molar-refractivity contribution is 5.78. The summed E-state index contributed by atoms with van der Waals surface area (Å²) in [4.78, 5) is 37.6. The quantitative estimate of drug-likeness (QED) is 0.0586. The maximum absolute atomic E-state index is 12.5. The fourth-order valence-electron chi connectivity index (χ4n) is 5.93. The minimum absolute atomic E-state index is 0.257. The zero-order valence-electron chi connectivity index (χ0n) is 24.8. The molecule has 3 N–H and O–H groups in total. The molecule has 0 amide bonds. The van der Waals surface area contributed by atoms with E-state index in [2.05, 4.69) is 19.1 Å². The van der Waals surface area contributed by atoms with Crippen molar-refractivity contribution in [3.63, 3.8) is 0 Å². The average Bonchev–Trinajstić information content (AvgIpc) is 2.87. The Kier molecular flexibility index (Phi) is 20.9. The number of aliphatic carboxylic acids is 3. The summed E-state index contributed by atoms with van der Waals surface area (Å²) in [6.07, 6.45) is 20.4. The molecule has 3 unspecified atom stereocenters. The summed E-state index contributed by atoms with van der Waals surface area (Å²) in [5.74, 6) is -3.28. The molecule has 0 radical (unpaired) electrons. The summed E-state index contributed by atoms with van der Waals surface area (Å²) in [5.41, 5.74) is 0. The van der Waals surface area contributed by atoms with Crippen molar-refractivity contribution < 1.29 is 34.2 Å². The van der Waals surface area contributed by atoms with Crippen molar-refractivity contribution in [2.24, 2.45) is 0 Å². The number of quaternary nitrogens is 1. The maximum atomic E-state index is 12.5. The standard InChI is InChI=1S/C31H57NO6/c1-5-9-10-11-12-13-14-15-16-17-18-19-20-21-25-32(26(22-6-2)29(33)34,27(23-7-3)30(35)36)28(24-8-4)31(37)38/h16-17,26-28H,5-15,18-25H2,1-4H3,(H2-,33,34,35,36,37,38)/p+1/b17-16+. The van der Waals surface area contributed by atoms with Crippen molar-refractivity contribution >= 4 is 17.9 Å². The fraction of sp³-hybridized carbons (Fsp3) is 0.839. The number of unbranched alkanes of at least 4 members (excludes halogenated alkanes) is 10. The van der Waals surface area contributed by atoms with E-state index in [1.807, 2.05) is 20.8 Å². The first kappa shape index (κ1) is 36.1. The Hall–Kier alpha value is -1.89. The topological polar surface area (TPSA) is 112 Å². The second-order valence-electron chi connectivity index (χ2n) is 10.9. The molecule has 0 rings (SSSR count). The van der Waals surface area contributed by atoms with E-state index in [4.69, 9.17) is 0 Å². The Balaban J connectivity index is 5.40. The van der Waals surface area contributed by atoms with Crippen LogP contribution in [0.25, 0.3) is 0 Å². The van der Waals surface area contributed by atoms with Crippen LogP contribution in [0.3, 0.4) is 0 Å². The van der Waals surface area contributed by atoms with E-state index >= 15 is 0 Å². The van der Waals surface area contributed by atoms with Crippen LogP contribution in [0.1, 0.15) is 143 Å². The van der Waals surface area contributed by atoms with Crippen LogP contribution in [0.4, 0.5) is 0 Å². The Labute approximate surface area is 232 Å². The number of rotatable bonds is 26. The molecule has 0 aromatic carbocycles. The molecule has 0 spiro atoms. The number of carboxylic acids is 3. The molecule has 0 aromatic rings. The number of carbonyl (C=O) groups is 3. The van der Waals surface area contributed by atoms with Crippen LogP contribution in [0.15, 0.2) is 12.2 Å². The first-order valence-corrected chi connectivity index (χ1v) is 15.4. The van der Waals surface area contributed by atoms with Crippen LogP contribution in [0.5, 0.6) is 0 Å². The van der Waals surface area contributed by atoms with Gasteiger partial charge in [0.1, 0.15) is 0 Å². The van der Waals surface area contributed by atoms with Gasteiger partial charge in [-0.05, 0) is 57.8 Å². The van der Waals surface area contributed by atoms with E-state index < -0.39 is 36.0 Å². The first-order chi connectivity index (χ1) is 18.2. The van der Waals surface area contributed by atoms with Gasteiger partial charge >= 0.3 is 17.9 Å². The van der Waals surface area contributed by atoms with Crippen molar-refractivity contribution in [3.05, 3.63) is 12.2 Å². The third kappa shape index (κ3) is 12.8. The molecule has 0 aliphatic carbocycles. The molecule has 38 heavy (non-hydrogen) atoms. The molecule has 0 heterocycles. The maximum Gasteiger partial charge on any atom is 0.362 e. The molecule has 0 fully saturated rings. The zero-order valence-corrected chi connectivity index (χ0v) is 24.8. The number of carboxylic acid groups (broad SMARTS) is 3. The van der Waals surface area contributed by atoms with Gasteiger partial charge in [-0.25, -0.2) is 14.4 Å². The molecular formula is C31H58NO6+. The normalized spacial score (nSPS) is 15.7. The smallest absolute Gasteiger partial charge is 0.362 e. The largest absolute Gasteiger partial charge is 0.477 e. The van der Waals surface area contributed by atoms with E-state index in [0.717, 1.165) is 25.7 Å². The highest BCUT2D eigenvalue weighted by Crippen LogP contribution is 2.34. The van der Waals surface area contributed by atoms with E-state index in [1.165, 1.54) is 44.9 Å². The molecule has 3 atom stereocenters. The number of hydrogen-bond donors (Lipinski definition) is 3. The van der Waals surface area contributed by atoms with Crippen molar-refractivity contribution in [1.82, 2.24) is 0 Å². The van der Waals surface area contributed by atoms with Crippen LogP contribution >= 0.6 is 0 Å². The van der Waals surface area contributed by atoms with Gasteiger partial charge in [0.05, 0.1) is 6.54 Å². The Morgan fingerprint density at radius 2 is 0.868 bits per heavy atom. The number of hydrogen-bond acceptors (Lipinski definition) is 3. The monoisotopic (exact) mass is 540 g/mol. The van der Waals surface area contributed by atoms with Crippen molar-refractivity contribution in [2.75, 3.05) is 6.54 Å². The van der Waals surface area contributed by atoms with Crippen molar-refractivity contribution in [2.45, 2.75) is 161 Å². The SMILES string of the molecule is CCCCCCCCC/C=C/CCCCC[N+](C(CCC)C(=O)O)(C(CCC)C(=O)O)C(CCC)C(=O)O. The van der Waals surface area contributed by atoms with E-state index in [9.17, 15) is 29.7 Å². The lowest BCUT2D eigenvalue weighted by molar-refractivity contribution is -0.973. The van der Waals surface area contributed by atoms with Crippen LogP contribution in [-0.4, -0.2) is 62.4 Å². The Bertz CT molecular complexity index is 617. The predicted octanol–water partition coefficient (Wildman–Crippen LogP) is 7.82. The molecule has 7 nitrogen and oxygen atoms in total. The summed E-state index contributed by atoms with van der Waals surface area (Å²) in [6, 6.07) is -3.16. The average molecular weight is 541 g/mol. The molecule has 0 aliphatic rings. The van der Waals surface area contributed by atoms with Gasteiger partial charge in [0.2, 0.25) is 0 Å². The molecule has 7 heteroatoms. The summed E-state index contributed by atoms with van der Waals surface area (Å²) in [5, 5.41) is 30.7. The van der Waals surface area contributed by atoms with Gasteiger partial charge < -0.3 is 15.3 Å². The third-order valence-electron chi connectivity index (χ3n) is 7.84. The first-order valence-electron chi connectivity index (χ1n) is 15.4. The molecule has 0 bridgehead atoms. The lowest BCUT2D eigenvalue weighted by atomic mass is 9.91. The van der Waals surface area contributed by atoms with Gasteiger partial charge in [-0.1, -0.05) is 78.4 Å². The third-order valence-corrected chi connectivity index (χ3v) is 7.84. The molecule has 0 saturated heterocycles. The summed E-state index contributed by atoms with van der Waals surface area (Å²) in [7, 11) is 0. The molecule has 0 saturated carbocycles. The van der Waals surface area contributed by atoms with Crippen LogP contribution in [0.2, 0.25) is 0 Å². The van der Waals surface area contributed by atoms with Gasteiger partial charge in [-0.3, -0.25) is 4.48 Å². The van der Waals surface area contributed by atoms with Crippen molar-refractivity contribution in [3.8, 4) is 0 Å². The highest BCUT2D eigenvalue weighted by Gasteiger charge is 2.56. The van der Waals surface area contributed by atoms with Gasteiger partial charge in [-0.2, -0.15) is 0 Å². The van der Waals surface area contributed by atoms with Crippen LogP contribution < -0.4 is 0 Å². The Morgan fingerprint density at radius 3 is 1.21 bits per heavy atom. The Morgan fingerprint density at radius 1 is 0.526 bits per heavy atom. The molecular weight excluding hydrogens is 482 g/mol. The van der Waals surface area contributed by atoms with Crippen LogP contribution in [0, 0.1) is 0 Å². The highest BCUT2D eigenvalue weighted by atomic mass is 16.4. The second-order valence-corrected chi connectivity index (χ2v) is 10.9. The second kappa shape index (κ2) is 22.0. The molecule has 222 valence electrons. The van der Waals surface area contributed by atoms with Gasteiger partial charge in [-0.15, -0.1) is 0 Å². The summed E-state index contributed by atoms with van der Waals surface area (Å²) >= 11 is 0. The van der Waals surface area contributed by atoms with E-state index in [1.54, 1.807) is 0 Å². The number of nitrogens with zero attached hydrogens (tertiary/aromatic N) is 1. The van der Waals surface area contributed by atoms with Gasteiger partial charge in [0, 0.05) is 19.3 Å². The number of allylic oxidation sites excluding steroid dienone is 2. The van der Waals surface area contributed by atoms with Gasteiger partial charge in [0.25, 0.3) is 0 Å². The minimum Gasteiger partial charge on any atom is -0.477 e. The van der Waals surface area contributed by atoms with Gasteiger partial charge in [0.15, 0.2) is 18.1 Å². The minimum atomic E-state index is -1.09. The van der Waals surface area contributed by atoms with E-state index in [-0.39, 0.29) is 30.3 Å². The van der Waals surface area contributed by atoms with E-state index in [0.29, 0.717) is 25.7 Å². The molecule has 0 aliphatic heterocycles. The van der Waals surface area contributed by atoms with Crippen LogP contribution in [-0.2, 0) is 14.4 Å². The summed E-state index contributed by atoms with van der Waals surface area (Å²) < 4.78 is -0.385. The van der Waals surface area contributed by atoms with Crippen molar-refractivity contribution in [1.29, 1.82) is 0 Å².